The van der Waals surface area contributed by atoms with Gasteiger partial charge in [-0.1, -0.05) is 17.7 Å². The van der Waals surface area contributed by atoms with Crippen molar-refractivity contribution < 1.29 is 4.39 Å². The molecule has 0 aliphatic carbocycles. The molecule has 0 unspecified atom stereocenters. The number of guanidine groups is 1. The predicted molar refractivity (Wildman–Crippen MR) is 119 cm³/mol. The summed E-state index contributed by atoms with van der Waals surface area (Å²) in [6.45, 7) is 4.03. The lowest BCUT2D eigenvalue weighted by Gasteiger charge is -2.11. The molecule has 144 valence electrons. The van der Waals surface area contributed by atoms with E-state index in [4.69, 9.17) is 11.6 Å². The van der Waals surface area contributed by atoms with Crippen LogP contribution in [-0.2, 0) is 13.0 Å². The molecule has 0 amide bonds. The highest BCUT2D eigenvalue weighted by atomic mass is 127. The zero-order valence-corrected chi connectivity index (χ0v) is 18.0. The highest BCUT2D eigenvalue weighted by Crippen LogP contribution is 2.19. The van der Waals surface area contributed by atoms with Crippen molar-refractivity contribution >= 4 is 52.4 Å². The number of rotatable bonds is 6. The van der Waals surface area contributed by atoms with E-state index in [1.54, 1.807) is 12.3 Å². The van der Waals surface area contributed by atoms with Gasteiger partial charge in [-0.15, -0.1) is 24.0 Å². The van der Waals surface area contributed by atoms with E-state index in [0.717, 1.165) is 47.5 Å². The Labute approximate surface area is 179 Å². The molecule has 0 bridgehead atoms. The lowest BCUT2D eigenvalue weighted by atomic mass is 10.1. The van der Waals surface area contributed by atoms with Crippen molar-refractivity contribution in [2.75, 3.05) is 13.1 Å². The summed E-state index contributed by atoms with van der Waals surface area (Å²) < 4.78 is 13.3. The summed E-state index contributed by atoms with van der Waals surface area (Å²) in [6.07, 6.45) is 4.45. The quantitative estimate of drug-likeness (QED) is 0.205. The lowest BCUT2D eigenvalue weighted by molar-refractivity contribution is 0.629. The third kappa shape index (κ3) is 6.07. The molecule has 3 N–H and O–H groups in total. The van der Waals surface area contributed by atoms with Gasteiger partial charge in [0.2, 0.25) is 0 Å². The van der Waals surface area contributed by atoms with E-state index in [9.17, 15) is 4.39 Å². The number of hydrogen-bond donors (Lipinski definition) is 3. The third-order valence-electron chi connectivity index (χ3n) is 3.97. The minimum atomic E-state index is -0.234. The fourth-order valence-electron chi connectivity index (χ4n) is 2.69. The van der Waals surface area contributed by atoms with E-state index >= 15 is 0 Å². The van der Waals surface area contributed by atoms with Crippen molar-refractivity contribution in [1.82, 2.24) is 20.6 Å². The first-order valence-electron chi connectivity index (χ1n) is 8.54. The number of fused-ring (bicyclic) bond motifs is 1. The van der Waals surface area contributed by atoms with Crippen molar-refractivity contribution in [2.24, 2.45) is 4.99 Å². The van der Waals surface area contributed by atoms with Crippen LogP contribution in [0.2, 0.25) is 5.15 Å². The Morgan fingerprint density at radius 2 is 2.11 bits per heavy atom. The van der Waals surface area contributed by atoms with Crippen LogP contribution in [0.5, 0.6) is 0 Å². The second-order valence-corrected chi connectivity index (χ2v) is 6.25. The molecule has 0 saturated carbocycles. The summed E-state index contributed by atoms with van der Waals surface area (Å²) in [7, 11) is 0. The normalized spacial score (nSPS) is 11.3. The van der Waals surface area contributed by atoms with Gasteiger partial charge in [-0.2, -0.15) is 0 Å². The van der Waals surface area contributed by atoms with Crippen molar-refractivity contribution in [3.05, 3.63) is 64.8 Å². The van der Waals surface area contributed by atoms with Crippen molar-refractivity contribution in [1.29, 1.82) is 0 Å². The summed E-state index contributed by atoms with van der Waals surface area (Å²) in [4.78, 5) is 11.7. The van der Waals surface area contributed by atoms with Gasteiger partial charge in [-0.3, -0.25) is 0 Å². The Balaban J connectivity index is 0.00000261. The average Bonchev–Trinajstić information content (AvgIpc) is 3.03. The number of benzene rings is 1. The minimum absolute atomic E-state index is 0. The molecule has 1 aromatic carbocycles. The first-order chi connectivity index (χ1) is 12.7. The first-order valence-corrected chi connectivity index (χ1v) is 8.91. The molecule has 0 aliphatic rings. The smallest absolute Gasteiger partial charge is 0.191 e. The van der Waals surface area contributed by atoms with Gasteiger partial charge in [0.15, 0.2) is 5.96 Å². The molecule has 0 spiro atoms. The van der Waals surface area contributed by atoms with E-state index in [2.05, 4.69) is 25.6 Å². The Kier molecular flexibility index (Phi) is 8.30. The molecular formula is C19H22ClFIN5. The van der Waals surface area contributed by atoms with E-state index in [1.807, 2.05) is 25.3 Å². The molecule has 8 heteroatoms. The van der Waals surface area contributed by atoms with E-state index in [1.165, 1.54) is 12.1 Å². The number of H-pyrrole nitrogens is 1. The number of nitrogens with one attached hydrogen (secondary N) is 3. The minimum Gasteiger partial charge on any atom is -0.361 e. The lowest BCUT2D eigenvalue weighted by Crippen LogP contribution is -2.38. The fraction of sp³-hybridized carbons (Fsp3) is 0.263. The average molecular weight is 502 g/mol. The van der Waals surface area contributed by atoms with Crippen LogP contribution < -0.4 is 10.6 Å². The molecular weight excluding hydrogens is 480 g/mol. The van der Waals surface area contributed by atoms with Gasteiger partial charge < -0.3 is 15.6 Å². The molecule has 5 nitrogen and oxygen atoms in total. The van der Waals surface area contributed by atoms with Crippen LogP contribution in [-0.4, -0.2) is 29.0 Å². The van der Waals surface area contributed by atoms with Gasteiger partial charge in [0.1, 0.15) is 11.0 Å². The van der Waals surface area contributed by atoms with Crippen LogP contribution in [0.3, 0.4) is 0 Å². The van der Waals surface area contributed by atoms with Gasteiger partial charge >= 0.3 is 0 Å². The zero-order chi connectivity index (χ0) is 18.4. The predicted octanol–water partition coefficient (Wildman–Crippen LogP) is 4.27. The number of pyridine rings is 1. The summed E-state index contributed by atoms with van der Waals surface area (Å²) >= 11 is 5.80. The monoisotopic (exact) mass is 501 g/mol. The second kappa shape index (κ2) is 10.5. The maximum Gasteiger partial charge on any atom is 0.191 e. The maximum atomic E-state index is 13.3. The highest BCUT2D eigenvalue weighted by molar-refractivity contribution is 14.0. The second-order valence-electron chi connectivity index (χ2n) is 5.86. The molecule has 0 fully saturated rings. The summed E-state index contributed by atoms with van der Waals surface area (Å²) in [5.41, 5.74) is 2.95. The number of halogens is 3. The summed E-state index contributed by atoms with van der Waals surface area (Å²) in [6, 6.07) is 8.47. The van der Waals surface area contributed by atoms with Crippen molar-refractivity contribution in [3.8, 4) is 0 Å². The van der Waals surface area contributed by atoms with E-state index < -0.39 is 0 Å². The molecule has 2 heterocycles. The Bertz CT molecular complexity index is 895. The van der Waals surface area contributed by atoms with Crippen LogP contribution in [0.25, 0.3) is 10.9 Å². The molecule has 3 rings (SSSR count). The fourth-order valence-corrected chi connectivity index (χ4v) is 2.80. The highest BCUT2D eigenvalue weighted by Gasteiger charge is 2.05. The number of aliphatic imine (C=N–C) groups is 1. The topological polar surface area (TPSA) is 65.1 Å². The maximum absolute atomic E-state index is 13.3. The number of nitrogens with zero attached hydrogens (tertiary/aromatic N) is 2. The third-order valence-corrected chi connectivity index (χ3v) is 4.19. The van der Waals surface area contributed by atoms with Crippen molar-refractivity contribution in [2.45, 2.75) is 19.9 Å². The van der Waals surface area contributed by atoms with Gasteiger partial charge in [0.05, 0.1) is 6.54 Å². The van der Waals surface area contributed by atoms with Gasteiger partial charge in [0.25, 0.3) is 0 Å². The summed E-state index contributed by atoms with van der Waals surface area (Å²) in [5, 5.41) is 8.06. The molecule has 2 aromatic heterocycles. The number of aromatic amines is 1. The molecule has 0 saturated heterocycles. The Hall–Kier alpha value is -1.87. The SMILES string of the molecule is CCNC(=NCc1ccc(Cl)nc1)NCCc1c[nH]c2cc(F)ccc12.I. The van der Waals surface area contributed by atoms with Crippen LogP contribution >= 0.6 is 35.6 Å². The standard InChI is InChI=1S/C19H21ClFN5.HI/c1-2-22-19(26-11-13-3-6-18(20)25-10-13)23-8-7-14-12-24-17-9-15(21)4-5-16(14)17;/h3-6,9-10,12,24H,2,7-8,11H2,1H3,(H2,22,23,26);1H. The van der Waals surface area contributed by atoms with Crippen molar-refractivity contribution in [3.63, 3.8) is 0 Å². The largest absolute Gasteiger partial charge is 0.361 e. The molecule has 0 aliphatic heterocycles. The Morgan fingerprint density at radius 1 is 1.26 bits per heavy atom. The molecule has 0 radical (unpaired) electrons. The van der Waals surface area contributed by atoms with Gasteiger partial charge in [-0.05, 0) is 48.7 Å². The van der Waals surface area contributed by atoms with Crippen LogP contribution in [0.15, 0.2) is 47.7 Å². The van der Waals surface area contributed by atoms with Crippen LogP contribution in [0, 0.1) is 5.82 Å². The van der Waals surface area contributed by atoms with Crippen LogP contribution in [0.1, 0.15) is 18.1 Å². The molecule has 0 atom stereocenters. The van der Waals surface area contributed by atoms with Gasteiger partial charge in [0, 0.05) is 36.4 Å². The molecule has 27 heavy (non-hydrogen) atoms. The van der Waals surface area contributed by atoms with Crippen LogP contribution in [0.4, 0.5) is 4.39 Å². The Morgan fingerprint density at radius 3 is 2.85 bits per heavy atom. The number of aromatic nitrogens is 2. The van der Waals surface area contributed by atoms with E-state index in [0.29, 0.717) is 11.7 Å². The zero-order valence-electron chi connectivity index (χ0n) is 14.9. The van der Waals surface area contributed by atoms with E-state index in [-0.39, 0.29) is 29.8 Å². The van der Waals surface area contributed by atoms with Gasteiger partial charge in [-0.25, -0.2) is 14.4 Å². The first kappa shape index (κ1) is 21.4. The molecule has 3 aromatic rings. The summed E-state index contributed by atoms with van der Waals surface area (Å²) in [5.74, 6) is 0.510. The number of hydrogen-bond acceptors (Lipinski definition) is 2.